The minimum Gasteiger partial charge on any atom is -0.462 e. The first kappa shape index (κ1) is 15.0. The monoisotopic (exact) mass is 238 g/mol. The molecule has 2 aromatic heterocycles. The molecule has 0 fully saturated rings. The number of nitrogens with one attached hydrogen (secondary N) is 1. The van der Waals surface area contributed by atoms with E-state index in [9.17, 15) is 4.79 Å². The van der Waals surface area contributed by atoms with Crippen LogP contribution in [0.2, 0.25) is 0 Å². The van der Waals surface area contributed by atoms with Crippen molar-refractivity contribution in [1.29, 1.82) is 0 Å². The van der Waals surface area contributed by atoms with E-state index in [-0.39, 0.29) is 11.8 Å². The Hall–Kier alpha value is -1.95. The molecule has 0 radical (unpaired) electrons. The van der Waals surface area contributed by atoms with Gasteiger partial charge in [0.25, 0.3) is 6.47 Å². The Bertz CT molecular complexity index is 418. The van der Waals surface area contributed by atoms with Gasteiger partial charge in [-0.05, 0) is 20.8 Å². The predicted octanol–water partition coefficient (Wildman–Crippen LogP) is 2.08. The molecule has 0 unspecified atom stereocenters. The summed E-state index contributed by atoms with van der Waals surface area (Å²) in [6.45, 7) is 5.92. The maximum Gasteiger partial charge on any atom is 0.293 e. The van der Waals surface area contributed by atoms with Crippen molar-refractivity contribution >= 4 is 17.4 Å². The van der Waals surface area contributed by atoms with Crippen LogP contribution in [0.4, 0.5) is 0 Å². The maximum atomic E-state index is 9.60. The average molecular weight is 238 g/mol. The molecule has 0 aliphatic rings. The molecule has 0 spiro atoms. The number of hydrogen-bond donors (Lipinski definition) is 2. The number of rotatable bonds is 1. The summed E-state index contributed by atoms with van der Waals surface area (Å²) in [5.41, 5.74) is 0.645. The summed E-state index contributed by atoms with van der Waals surface area (Å²) in [6, 6.07) is 0. The molecule has 0 atom stereocenters. The highest BCUT2D eigenvalue weighted by Gasteiger charge is 2.07. The van der Waals surface area contributed by atoms with Gasteiger partial charge in [-0.2, -0.15) is 0 Å². The molecule has 0 saturated carbocycles. The number of carbonyl (C=O) groups excluding carboxylic acids is 1. The zero-order valence-electron chi connectivity index (χ0n) is 10.3. The molecule has 0 bridgehead atoms. The molecule has 6 nitrogen and oxygen atoms in total. The van der Waals surface area contributed by atoms with E-state index in [2.05, 4.69) is 19.7 Å². The van der Waals surface area contributed by atoms with E-state index in [0.29, 0.717) is 6.47 Å². The summed E-state index contributed by atoms with van der Waals surface area (Å²) in [6.07, 6.45) is 7.03. The van der Waals surface area contributed by atoms with Gasteiger partial charge < -0.3 is 15.9 Å². The summed E-state index contributed by atoms with van der Waals surface area (Å²) in [7, 11) is 0. The van der Waals surface area contributed by atoms with Crippen LogP contribution in [0.25, 0.3) is 10.9 Å². The van der Waals surface area contributed by atoms with Crippen molar-refractivity contribution in [3.05, 3.63) is 24.9 Å². The van der Waals surface area contributed by atoms with E-state index in [1.54, 1.807) is 6.20 Å². The second-order valence-corrected chi connectivity index (χ2v) is 4.15. The highest BCUT2D eigenvalue weighted by Crippen LogP contribution is 2.05. The largest absolute Gasteiger partial charge is 0.462 e. The molecule has 0 saturated heterocycles. The Labute approximate surface area is 100 Å². The highest BCUT2D eigenvalue weighted by atomic mass is 16.5. The third kappa shape index (κ3) is 5.62. The number of fused-ring (bicyclic) bond motifs is 1. The molecule has 2 rings (SSSR count). The number of nitrogens with zero attached hydrogens (tertiary/aromatic N) is 2. The van der Waals surface area contributed by atoms with Gasteiger partial charge in [-0.1, -0.05) is 0 Å². The smallest absolute Gasteiger partial charge is 0.293 e. The first-order valence-electron chi connectivity index (χ1n) is 4.87. The quantitative estimate of drug-likeness (QED) is 0.740. The molecule has 0 aromatic carbocycles. The van der Waals surface area contributed by atoms with Crippen molar-refractivity contribution in [2.24, 2.45) is 0 Å². The number of aromatic nitrogens is 3. The van der Waals surface area contributed by atoms with Crippen LogP contribution in [0.5, 0.6) is 0 Å². The zero-order valence-corrected chi connectivity index (χ0v) is 10.3. The van der Waals surface area contributed by atoms with Gasteiger partial charge in [0.05, 0.1) is 5.52 Å². The summed E-state index contributed by atoms with van der Waals surface area (Å²) >= 11 is 0. The first-order valence-corrected chi connectivity index (χ1v) is 4.87. The van der Waals surface area contributed by atoms with Crippen molar-refractivity contribution in [1.82, 2.24) is 21.1 Å². The number of carbonyl (C=O) groups is 1. The van der Waals surface area contributed by atoms with Crippen LogP contribution in [0, 0.1) is 0 Å². The number of hydrogen-bond acceptors (Lipinski definition) is 5. The fraction of sp³-hybridized carbons (Fsp3) is 0.364. The van der Waals surface area contributed by atoms with Crippen LogP contribution >= 0.6 is 0 Å². The van der Waals surface area contributed by atoms with Crippen molar-refractivity contribution in [3.63, 3.8) is 0 Å². The lowest BCUT2D eigenvalue weighted by Crippen LogP contribution is -2.17. The van der Waals surface area contributed by atoms with Gasteiger partial charge >= 0.3 is 0 Å². The van der Waals surface area contributed by atoms with Gasteiger partial charge in [0, 0.05) is 24.0 Å². The van der Waals surface area contributed by atoms with Gasteiger partial charge in [0.2, 0.25) is 0 Å². The Balaban J connectivity index is 0.000000296. The van der Waals surface area contributed by atoms with Gasteiger partial charge in [0.1, 0.15) is 11.9 Å². The predicted molar refractivity (Wildman–Crippen MR) is 65.8 cm³/mol. The average Bonchev–Trinajstić information content (AvgIpc) is 2.64. The third-order valence-electron chi connectivity index (χ3n) is 1.63. The van der Waals surface area contributed by atoms with E-state index in [0.717, 1.165) is 10.9 Å². The Morgan fingerprint density at radius 3 is 2.53 bits per heavy atom. The topological polar surface area (TPSA) is 103 Å². The lowest BCUT2D eigenvalue weighted by molar-refractivity contribution is -0.138. The molecule has 2 aromatic rings. The zero-order chi connectivity index (χ0) is 12.0. The van der Waals surface area contributed by atoms with E-state index in [1.807, 2.05) is 33.2 Å². The molecule has 0 amide bonds. The normalized spacial score (nSPS) is 9.82. The number of H-pyrrole nitrogens is 1. The van der Waals surface area contributed by atoms with E-state index < -0.39 is 0 Å². The first-order chi connectivity index (χ1) is 7.53. The number of ether oxygens (including phenoxy) is 1. The lowest BCUT2D eigenvalue weighted by atomic mass is 10.2. The van der Waals surface area contributed by atoms with Crippen LogP contribution in [0.3, 0.4) is 0 Å². The lowest BCUT2D eigenvalue weighted by Gasteiger charge is -2.14. The molecule has 94 valence electrons. The molecule has 2 heterocycles. The van der Waals surface area contributed by atoms with E-state index in [4.69, 9.17) is 0 Å². The fourth-order valence-electron chi connectivity index (χ4n) is 0.936. The minimum absolute atomic E-state index is 0. The Kier molecular flexibility index (Phi) is 5.84. The molecule has 6 heteroatoms. The van der Waals surface area contributed by atoms with Crippen LogP contribution in [0.1, 0.15) is 20.8 Å². The Morgan fingerprint density at radius 2 is 2.06 bits per heavy atom. The Morgan fingerprint density at radius 1 is 1.35 bits per heavy atom. The van der Waals surface area contributed by atoms with Gasteiger partial charge in [-0.3, -0.25) is 4.79 Å². The van der Waals surface area contributed by atoms with Crippen molar-refractivity contribution in [3.8, 4) is 0 Å². The van der Waals surface area contributed by atoms with Crippen molar-refractivity contribution in [2.75, 3.05) is 0 Å². The minimum atomic E-state index is -0.318. The van der Waals surface area contributed by atoms with Gasteiger partial charge in [-0.15, -0.1) is 0 Å². The second-order valence-electron chi connectivity index (χ2n) is 4.15. The maximum absolute atomic E-state index is 9.60. The van der Waals surface area contributed by atoms with E-state index in [1.165, 1.54) is 6.33 Å². The summed E-state index contributed by atoms with van der Waals surface area (Å²) in [4.78, 5) is 20.4. The van der Waals surface area contributed by atoms with Crippen LogP contribution in [0.15, 0.2) is 24.9 Å². The van der Waals surface area contributed by atoms with Crippen molar-refractivity contribution in [2.45, 2.75) is 26.4 Å². The molecule has 17 heavy (non-hydrogen) atoms. The highest BCUT2D eigenvalue weighted by molar-refractivity contribution is 5.76. The molecular weight excluding hydrogens is 220 g/mol. The van der Waals surface area contributed by atoms with Crippen LogP contribution in [-0.4, -0.2) is 27.0 Å². The molecule has 0 aliphatic heterocycles. The fourth-order valence-corrected chi connectivity index (χ4v) is 0.936. The number of aromatic amines is 1. The molecule has 0 aliphatic carbocycles. The van der Waals surface area contributed by atoms with Crippen LogP contribution < -0.4 is 6.15 Å². The van der Waals surface area contributed by atoms with Crippen molar-refractivity contribution < 1.29 is 9.53 Å². The molecular formula is C11H18N4O2. The molecule has 4 N–H and O–H groups in total. The van der Waals surface area contributed by atoms with Gasteiger partial charge in [0.15, 0.2) is 0 Å². The SMILES string of the molecule is CC(C)(C)OC=O.N.c1ncc2c[nH]cc2n1. The second kappa shape index (κ2) is 6.59. The van der Waals surface area contributed by atoms with Crippen LogP contribution in [-0.2, 0) is 9.53 Å². The standard InChI is InChI=1S/C6H5N3.C5H10O2.H3N/c1-5-2-8-4-9-6(5)3-7-1;1-5(2,3)7-4-6;/h1-4,7H;4H,1-3H3;1H3. The van der Waals surface area contributed by atoms with E-state index >= 15 is 0 Å². The summed E-state index contributed by atoms with van der Waals surface area (Å²) < 4.78 is 4.55. The summed E-state index contributed by atoms with van der Waals surface area (Å²) in [5, 5.41) is 1.05. The third-order valence-corrected chi connectivity index (χ3v) is 1.63. The summed E-state index contributed by atoms with van der Waals surface area (Å²) in [5.74, 6) is 0. The van der Waals surface area contributed by atoms with Gasteiger partial charge in [-0.25, -0.2) is 9.97 Å².